The molecule has 2 heterocycles. The molecule has 30 heavy (non-hydrogen) atoms. The molecule has 1 unspecified atom stereocenters. The lowest BCUT2D eigenvalue weighted by molar-refractivity contribution is -0.125. The standard InChI is InChI=1S/C21H21Cl3N4O.ClH/c1-26-8-10-27(11-9-26)21(29)18-13-20(14-2-4-15(22)5-3-14)28(25-18)19-7-6-16(23)12-17(19)24;/h2-7,12,20H,8-11,13H2,1H3;1H. The minimum atomic E-state index is -0.141. The van der Waals surface area contributed by atoms with Crippen molar-refractivity contribution in [2.75, 3.05) is 38.2 Å². The summed E-state index contributed by atoms with van der Waals surface area (Å²) in [6.07, 6.45) is 0.506. The van der Waals surface area contributed by atoms with Gasteiger partial charge in [0.2, 0.25) is 0 Å². The van der Waals surface area contributed by atoms with Gasteiger partial charge in [0.05, 0.1) is 16.8 Å². The van der Waals surface area contributed by atoms with Gasteiger partial charge < -0.3 is 9.80 Å². The summed E-state index contributed by atoms with van der Waals surface area (Å²) < 4.78 is 0. The number of hydrogen-bond acceptors (Lipinski definition) is 4. The molecule has 2 aromatic carbocycles. The van der Waals surface area contributed by atoms with E-state index in [0.717, 1.165) is 24.3 Å². The number of likely N-dealkylation sites (N-methyl/N-ethyl adjacent to an activating group) is 1. The molecular weight excluding hydrogens is 466 g/mol. The molecule has 1 atom stereocenters. The summed E-state index contributed by atoms with van der Waals surface area (Å²) in [7, 11) is 2.07. The highest BCUT2D eigenvalue weighted by Crippen LogP contribution is 2.40. The topological polar surface area (TPSA) is 39.1 Å². The maximum absolute atomic E-state index is 13.1. The van der Waals surface area contributed by atoms with Crippen molar-refractivity contribution in [3.63, 3.8) is 0 Å². The largest absolute Gasteiger partial charge is 0.335 e. The first-order chi connectivity index (χ1) is 13.9. The molecule has 0 bridgehead atoms. The van der Waals surface area contributed by atoms with E-state index in [2.05, 4.69) is 11.9 Å². The minimum Gasteiger partial charge on any atom is -0.335 e. The summed E-state index contributed by atoms with van der Waals surface area (Å²) in [5.74, 6) is -0.00958. The van der Waals surface area contributed by atoms with Crippen molar-refractivity contribution < 1.29 is 4.79 Å². The van der Waals surface area contributed by atoms with Crippen LogP contribution in [0.4, 0.5) is 5.69 Å². The van der Waals surface area contributed by atoms with Gasteiger partial charge in [0.1, 0.15) is 5.71 Å². The number of carbonyl (C=O) groups excluding carboxylic acids is 1. The summed E-state index contributed by atoms with van der Waals surface area (Å²) in [6.45, 7) is 3.15. The number of halogens is 4. The number of piperazine rings is 1. The van der Waals surface area contributed by atoms with Crippen LogP contribution >= 0.6 is 47.2 Å². The molecule has 0 aliphatic carbocycles. The smallest absolute Gasteiger partial charge is 0.270 e. The molecule has 0 radical (unpaired) electrons. The van der Waals surface area contributed by atoms with Crippen molar-refractivity contribution in [3.05, 3.63) is 63.1 Å². The number of rotatable bonds is 3. The summed E-state index contributed by atoms with van der Waals surface area (Å²) in [5, 5.41) is 8.25. The highest BCUT2D eigenvalue weighted by Gasteiger charge is 2.35. The second kappa shape index (κ2) is 9.75. The van der Waals surface area contributed by atoms with Gasteiger partial charge in [-0.05, 0) is 42.9 Å². The second-order valence-corrected chi connectivity index (χ2v) is 8.63. The van der Waals surface area contributed by atoms with Crippen molar-refractivity contribution in [2.45, 2.75) is 12.5 Å². The van der Waals surface area contributed by atoms with Gasteiger partial charge in [-0.25, -0.2) is 0 Å². The fraction of sp³-hybridized carbons (Fsp3) is 0.333. The van der Waals surface area contributed by atoms with Crippen molar-refractivity contribution >= 4 is 64.5 Å². The van der Waals surface area contributed by atoms with E-state index in [0.29, 0.717) is 40.3 Å². The highest BCUT2D eigenvalue weighted by molar-refractivity contribution is 6.40. The zero-order valence-corrected chi connectivity index (χ0v) is 19.5. The van der Waals surface area contributed by atoms with E-state index in [-0.39, 0.29) is 24.4 Å². The third-order valence-electron chi connectivity index (χ3n) is 5.36. The van der Waals surface area contributed by atoms with Gasteiger partial charge in [0, 0.05) is 42.6 Å². The molecule has 2 aromatic rings. The Morgan fingerprint density at radius 1 is 0.967 bits per heavy atom. The quantitative estimate of drug-likeness (QED) is 0.600. The number of benzene rings is 2. The van der Waals surface area contributed by atoms with E-state index in [1.54, 1.807) is 12.1 Å². The first-order valence-corrected chi connectivity index (χ1v) is 10.6. The summed E-state index contributed by atoms with van der Waals surface area (Å²) in [4.78, 5) is 17.2. The van der Waals surface area contributed by atoms with Crippen LogP contribution in [0.3, 0.4) is 0 Å². The molecule has 4 rings (SSSR count). The number of hydrazone groups is 1. The average Bonchev–Trinajstić information content (AvgIpc) is 3.13. The number of nitrogens with zero attached hydrogens (tertiary/aromatic N) is 4. The Morgan fingerprint density at radius 2 is 1.60 bits per heavy atom. The van der Waals surface area contributed by atoms with Gasteiger partial charge in [-0.2, -0.15) is 5.10 Å². The number of hydrogen-bond donors (Lipinski definition) is 0. The lowest BCUT2D eigenvalue weighted by Crippen LogP contribution is -2.49. The van der Waals surface area contributed by atoms with Crippen LogP contribution in [0.1, 0.15) is 18.0 Å². The van der Waals surface area contributed by atoms with Gasteiger partial charge in [0.25, 0.3) is 5.91 Å². The molecule has 0 aromatic heterocycles. The first-order valence-electron chi connectivity index (χ1n) is 9.47. The molecule has 9 heteroatoms. The Bertz CT molecular complexity index is 943. The van der Waals surface area contributed by atoms with E-state index >= 15 is 0 Å². The fourth-order valence-electron chi connectivity index (χ4n) is 3.67. The fourth-order valence-corrected chi connectivity index (χ4v) is 4.29. The lowest BCUT2D eigenvalue weighted by Gasteiger charge is -2.32. The van der Waals surface area contributed by atoms with Crippen LogP contribution in [0.15, 0.2) is 47.6 Å². The Morgan fingerprint density at radius 3 is 2.23 bits per heavy atom. The Balaban J connectivity index is 0.00000256. The van der Waals surface area contributed by atoms with Gasteiger partial charge in [-0.3, -0.25) is 9.80 Å². The van der Waals surface area contributed by atoms with Crippen LogP contribution in [-0.2, 0) is 4.79 Å². The Hall–Kier alpha value is -1.50. The molecule has 0 spiro atoms. The van der Waals surface area contributed by atoms with Crippen molar-refractivity contribution in [2.24, 2.45) is 5.10 Å². The monoisotopic (exact) mass is 486 g/mol. The van der Waals surface area contributed by atoms with E-state index in [9.17, 15) is 4.79 Å². The van der Waals surface area contributed by atoms with E-state index in [4.69, 9.17) is 39.9 Å². The molecule has 5 nitrogen and oxygen atoms in total. The van der Waals surface area contributed by atoms with Crippen LogP contribution in [0.2, 0.25) is 15.1 Å². The summed E-state index contributed by atoms with van der Waals surface area (Å²) in [6, 6.07) is 12.8. The van der Waals surface area contributed by atoms with Gasteiger partial charge in [0.15, 0.2) is 0 Å². The van der Waals surface area contributed by atoms with Gasteiger partial charge in [-0.1, -0.05) is 46.9 Å². The molecule has 0 N–H and O–H groups in total. The van der Waals surface area contributed by atoms with Crippen molar-refractivity contribution in [1.82, 2.24) is 9.80 Å². The van der Waals surface area contributed by atoms with Crippen LogP contribution in [0, 0.1) is 0 Å². The number of amides is 1. The third kappa shape index (κ3) is 4.87. The molecule has 2 aliphatic rings. The van der Waals surface area contributed by atoms with Crippen LogP contribution in [-0.4, -0.2) is 54.6 Å². The normalized spacial score (nSPS) is 19.5. The SMILES string of the molecule is CN1CCN(C(=O)C2=NN(c3ccc(Cl)cc3Cl)C(c3ccc(Cl)cc3)C2)CC1.Cl. The predicted octanol–water partition coefficient (Wildman–Crippen LogP) is 5.15. The Kier molecular flexibility index (Phi) is 7.53. The van der Waals surface area contributed by atoms with E-state index in [1.807, 2.05) is 40.2 Å². The maximum Gasteiger partial charge on any atom is 0.270 e. The zero-order valence-electron chi connectivity index (χ0n) is 16.4. The summed E-state index contributed by atoms with van der Waals surface area (Å²) >= 11 is 18.6. The molecule has 0 saturated carbocycles. The lowest BCUT2D eigenvalue weighted by atomic mass is 10.0. The molecule has 1 amide bonds. The van der Waals surface area contributed by atoms with Crippen molar-refractivity contribution in [1.29, 1.82) is 0 Å². The minimum absolute atomic E-state index is 0. The maximum atomic E-state index is 13.1. The van der Waals surface area contributed by atoms with Crippen LogP contribution in [0.25, 0.3) is 0 Å². The average molecular weight is 488 g/mol. The highest BCUT2D eigenvalue weighted by atomic mass is 35.5. The summed E-state index contributed by atoms with van der Waals surface area (Å²) in [5.41, 5.74) is 2.28. The molecule has 1 saturated heterocycles. The second-order valence-electron chi connectivity index (χ2n) is 7.35. The molecular formula is C21H22Cl4N4O. The van der Waals surface area contributed by atoms with Crippen LogP contribution < -0.4 is 5.01 Å². The van der Waals surface area contributed by atoms with Gasteiger partial charge >= 0.3 is 0 Å². The molecule has 1 fully saturated rings. The number of anilines is 1. The van der Waals surface area contributed by atoms with E-state index in [1.165, 1.54) is 0 Å². The Labute approximate surface area is 197 Å². The zero-order chi connectivity index (χ0) is 20.5. The van der Waals surface area contributed by atoms with Gasteiger partial charge in [-0.15, -0.1) is 12.4 Å². The third-order valence-corrected chi connectivity index (χ3v) is 6.15. The van der Waals surface area contributed by atoms with E-state index < -0.39 is 0 Å². The first kappa shape index (κ1) is 23.2. The molecule has 160 valence electrons. The predicted molar refractivity (Wildman–Crippen MR) is 127 cm³/mol. The molecule has 2 aliphatic heterocycles. The number of carbonyl (C=O) groups is 1. The van der Waals surface area contributed by atoms with Crippen molar-refractivity contribution in [3.8, 4) is 0 Å². The van der Waals surface area contributed by atoms with Crippen LogP contribution in [0.5, 0.6) is 0 Å².